The molecular formula is C17H25N5O2. The van der Waals surface area contributed by atoms with Gasteiger partial charge < -0.3 is 4.74 Å². The Bertz CT molecular complexity index is 643. The molecule has 0 saturated carbocycles. The van der Waals surface area contributed by atoms with E-state index in [0.717, 1.165) is 36.8 Å². The highest BCUT2D eigenvalue weighted by atomic mass is 16.6. The number of hydrazine groups is 1. The molecule has 1 saturated heterocycles. The Kier molecular flexibility index (Phi) is 5.44. The molecule has 0 amide bonds. The van der Waals surface area contributed by atoms with E-state index in [1.54, 1.807) is 0 Å². The second kappa shape index (κ2) is 7.74. The number of hydrogen-bond donors (Lipinski definition) is 2. The first-order chi connectivity index (χ1) is 11.7. The van der Waals surface area contributed by atoms with Crippen LogP contribution in [0.5, 0.6) is 5.75 Å². The van der Waals surface area contributed by atoms with Crippen molar-refractivity contribution < 1.29 is 9.37 Å². The summed E-state index contributed by atoms with van der Waals surface area (Å²) in [7, 11) is 2.10. The normalized spacial score (nSPS) is 20.7. The zero-order valence-electron chi connectivity index (χ0n) is 14.5. The minimum Gasteiger partial charge on any atom is -0.494 e. The third kappa shape index (κ3) is 3.92. The Hall–Kier alpha value is -1.96. The fourth-order valence-corrected chi connectivity index (χ4v) is 3.11. The maximum atomic E-state index is 5.52. The molecule has 0 radical (unpaired) electrons. The van der Waals surface area contributed by atoms with Gasteiger partial charge in [0, 0.05) is 25.6 Å². The molecule has 0 aliphatic carbocycles. The molecule has 2 heterocycles. The lowest BCUT2D eigenvalue weighted by atomic mass is 9.94. The smallest absolute Gasteiger partial charge is 0.122 e. The van der Waals surface area contributed by atoms with E-state index in [4.69, 9.17) is 9.37 Å². The van der Waals surface area contributed by atoms with Gasteiger partial charge in [0.25, 0.3) is 0 Å². The second-order valence-corrected chi connectivity index (χ2v) is 6.26. The van der Waals surface area contributed by atoms with Crippen molar-refractivity contribution in [3.05, 3.63) is 41.2 Å². The predicted molar refractivity (Wildman–Crippen MR) is 90.3 cm³/mol. The minimum absolute atomic E-state index is 0.277. The summed E-state index contributed by atoms with van der Waals surface area (Å²) in [6, 6.07) is 8.61. The van der Waals surface area contributed by atoms with E-state index >= 15 is 0 Å². The Morgan fingerprint density at radius 3 is 2.75 bits per heavy atom. The van der Waals surface area contributed by atoms with E-state index in [-0.39, 0.29) is 6.04 Å². The van der Waals surface area contributed by atoms with E-state index in [9.17, 15) is 0 Å². The van der Waals surface area contributed by atoms with E-state index < -0.39 is 0 Å². The number of nitrogens with one attached hydrogen (secondary N) is 2. The summed E-state index contributed by atoms with van der Waals surface area (Å²) >= 11 is 0. The number of nitrogens with zero attached hydrogens (tertiary/aromatic N) is 3. The minimum atomic E-state index is 0.277. The van der Waals surface area contributed by atoms with Gasteiger partial charge in [-0.15, -0.1) is 0 Å². The quantitative estimate of drug-likeness (QED) is 0.799. The molecule has 1 fully saturated rings. The fourth-order valence-electron chi connectivity index (χ4n) is 3.11. The highest BCUT2D eigenvalue weighted by Crippen LogP contribution is 2.27. The number of rotatable bonds is 7. The van der Waals surface area contributed by atoms with Crippen LogP contribution in [0.4, 0.5) is 0 Å². The van der Waals surface area contributed by atoms with Crippen molar-refractivity contribution in [2.75, 3.05) is 26.7 Å². The first-order valence-electron chi connectivity index (χ1n) is 8.35. The van der Waals surface area contributed by atoms with Crippen molar-refractivity contribution >= 4 is 0 Å². The van der Waals surface area contributed by atoms with Gasteiger partial charge in [-0.25, -0.2) is 10.1 Å². The molecule has 1 aromatic carbocycles. The van der Waals surface area contributed by atoms with Crippen LogP contribution in [0.2, 0.25) is 0 Å². The average Bonchev–Trinajstić information content (AvgIpc) is 3.18. The van der Waals surface area contributed by atoms with Gasteiger partial charge in [0.1, 0.15) is 17.1 Å². The summed E-state index contributed by atoms with van der Waals surface area (Å²) in [5.41, 5.74) is 9.68. The molecule has 7 nitrogen and oxygen atoms in total. The highest BCUT2D eigenvalue weighted by Gasteiger charge is 2.29. The van der Waals surface area contributed by atoms with Gasteiger partial charge in [-0.2, -0.15) is 0 Å². The summed E-state index contributed by atoms with van der Waals surface area (Å²) in [6.45, 7) is 7.21. The van der Waals surface area contributed by atoms with Crippen molar-refractivity contribution in [3.63, 3.8) is 0 Å². The number of aryl methyl sites for hydroxylation is 1. The van der Waals surface area contributed by atoms with Crippen LogP contribution >= 0.6 is 0 Å². The number of hydrogen-bond acceptors (Lipinski definition) is 7. The molecule has 130 valence electrons. The average molecular weight is 331 g/mol. The number of aromatic nitrogens is 2. The standard InChI is InChI=1S/C17H25N5O2/c1-4-23-15-7-5-13(6-8-15)17-14(9-18-19-17)10-22(3)11-16-12(2)20-24-21-16/h5-8,14,17-19H,4,9-11H2,1-3H3. The summed E-state index contributed by atoms with van der Waals surface area (Å²) in [6.07, 6.45) is 0. The monoisotopic (exact) mass is 331 g/mol. The maximum Gasteiger partial charge on any atom is 0.122 e. The van der Waals surface area contributed by atoms with Gasteiger partial charge in [0.15, 0.2) is 0 Å². The van der Waals surface area contributed by atoms with E-state index in [1.165, 1.54) is 5.56 Å². The largest absolute Gasteiger partial charge is 0.494 e. The maximum absolute atomic E-state index is 5.52. The SMILES string of the molecule is CCOc1ccc(C2NNCC2CN(C)Cc2nonc2C)cc1. The second-order valence-electron chi connectivity index (χ2n) is 6.26. The molecule has 0 spiro atoms. The molecule has 0 bridgehead atoms. The molecule has 2 aromatic rings. The van der Waals surface area contributed by atoms with Crippen LogP contribution in [0.1, 0.15) is 29.9 Å². The van der Waals surface area contributed by atoms with Crippen LogP contribution in [-0.2, 0) is 6.54 Å². The molecule has 2 N–H and O–H groups in total. The molecule has 2 unspecified atom stereocenters. The van der Waals surface area contributed by atoms with Crippen molar-refractivity contribution in [1.29, 1.82) is 0 Å². The lowest BCUT2D eigenvalue weighted by Crippen LogP contribution is -2.30. The molecule has 1 aliphatic rings. The van der Waals surface area contributed by atoms with E-state index in [2.05, 4.69) is 45.2 Å². The molecule has 2 atom stereocenters. The Morgan fingerprint density at radius 1 is 1.29 bits per heavy atom. The zero-order chi connectivity index (χ0) is 16.9. The van der Waals surface area contributed by atoms with Gasteiger partial charge in [-0.3, -0.25) is 10.3 Å². The van der Waals surface area contributed by atoms with Gasteiger partial charge in [0.2, 0.25) is 0 Å². The summed E-state index contributed by atoms with van der Waals surface area (Å²) in [5.74, 6) is 1.38. The fraction of sp³-hybridized carbons (Fsp3) is 0.529. The van der Waals surface area contributed by atoms with Gasteiger partial charge in [-0.1, -0.05) is 22.4 Å². The van der Waals surface area contributed by atoms with E-state index in [0.29, 0.717) is 12.5 Å². The lowest BCUT2D eigenvalue weighted by Gasteiger charge is -2.24. The van der Waals surface area contributed by atoms with Crippen LogP contribution in [0.25, 0.3) is 0 Å². The van der Waals surface area contributed by atoms with Crippen LogP contribution in [-0.4, -0.2) is 42.0 Å². The number of benzene rings is 1. The van der Waals surface area contributed by atoms with Crippen molar-refractivity contribution in [1.82, 2.24) is 26.1 Å². The van der Waals surface area contributed by atoms with Crippen LogP contribution in [0.15, 0.2) is 28.9 Å². The van der Waals surface area contributed by atoms with Crippen LogP contribution in [0, 0.1) is 12.8 Å². The predicted octanol–water partition coefficient (Wildman–Crippen LogP) is 1.67. The Morgan fingerprint density at radius 2 is 2.08 bits per heavy atom. The van der Waals surface area contributed by atoms with Crippen molar-refractivity contribution in [2.45, 2.75) is 26.4 Å². The summed E-state index contributed by atoms with van der Waals surface area (Å²) in [5, 5.41) is 7.80. The highest BCUT2D eigenvalue weighted by molar-refractivity contribution is 5.30. The first kappa shape index (κ1) is 16.9. The number of ether oxygens (including phenoxy) is 1. The molecular weight excluding hydrogens is 306 g/mol. The van der Waals surface area contributed by atoms with E-state index in [1.807, 2.05) is 26.0 Å². The molecule has 1 aromatic heterocycles. The topological polar surface area (TPSA) is 75.5 Å². The molecule has 7 heteroatoms. The van der Waals surface area contributed by atoms with Gasteiger partial charge in [-0.05, 0) is 38.6 Å². The molecule has 1 aliphatic heterocycles. The Labute approximate surface area is 142 Å². The third-order valence-electron chi connectivity index (χ3n) is 4.36. The summed E-state index contributed by atoms with van der Waals surface area (Å²) in [4.78, 5) is 2.26. The zero-order valence-corrected chi connectivity index (χ0v) is 14.5. The molecule has 3 rings (SSSR count). The lowest BCUT2D eigenvalue weighted by molar-refractivity contribution is 0.249. The van der Waals surface area contributed by atoms with Crippen molar-refractivity contribution in [2.24, 2.45) is 5.92 Å². The summed E-state index contributed by atoms with van der Waals surface area (Å²) < 4.78 is 10.3. The Balaban J connectivity index is 1.61. The van der Waals surface area contributed by atoms with Gasteiger partial charge in [0.05, 0.1) is 12.6 Å². The van der Waals surface area contributed by atoms with Crippen LogP contribution in [0.3, 0.4) is 0 Å². The third-order valence-corrected chi connectivity index (χ3v) is 4.36. The molecule has 24 heavy (non-hydrogen) atoms. The van der Waals surface area contributed by atoms with Gasteiger partial charge >= 0.3 is 0 Å². The first-order valence-corrected chi connectivity index (χ1v) is 8.35. The van der Waals surface area contributed by atoms with Crippen molar-refractivity contribution in [3.8, 4) is 5.75 Å². The van der Waals surface area contributed by atoms with Crippen LogP contribution < -0.4 is 15.6 Å².